The van der Waals surface area contributed by atoms with Gasteiger partial charge in [0.1, 0.15) is 0 Å². The van der Waals surface area contributed by atoms with Crippen molar-refractivity contribution in [3.63, 3.8) is 0 Å². The molecule has 1 aromatic rings. The van der Waals surface area contributed by atoms with Gasteiger partial charge in [0.2, 0.25) is 0 Å². The van der Waals surface area contributed by atoms with E-state index in [0.29, 0.717) is 17.5 Å². The van der Waals surface area contributed by atoms with E-state index in [-0.39, 0.29) is 0 Å². The van der Waals surface area contributed by atoms with E-state index in [0.717, 1.165) is 19.0 Å². The zero-order valence-electron chi connectivity index (χ0n) is 13.3. The Morgan fingerprint density at radius 1 is 1.40 bits per heavy atom. The quantitative estimate of drug-likeness (QED) is 0.911. The monoisotopic (exact) mass is 292 g/mol. The normalized spacial score (nSPS) is 31.9. The molecule has 1 aliphatic carbocycles. The largest absolute Gasteiger partial charge is 0.308 e. The Balaban J connectivity index is 1.74. The Hall–Kier alpha value is -0.380. The minimum atomic E-state index is 0.345. The summed E-state index contributed by atoms with van der Waals surface area (Å²) in [6.45, 7) is 12.9. The number of piperazine rings is 1. The highest BCUT2D eigenvalue weighted by atomic mass is 32.1. The van der Waals surface area contributed by atoms with Crippen LogP contribution in [0, 0.1) is 18.8 Å². The van der Waals surface area contributed by atoms with Crippen molar-refractivity contribution >= 4 is 11.3 Å². The summed E-state index contributed by atoms with van der Waals surface area (Å²) in [6.07, 6.45) is 2.84. The minimum Gasteiger partial charge on any atom is -0.308 e. The summed E-state index contributed by atoms with van der Waals surface area (Å²) < 4.78 is 0. The van der Waals surface area contributed by atoms with Crippen molar-refractivity contribution in [2.75, 3.05) is 13.1 Å². The van der Waals surface area contributed by atoms with Gasteiger partial charge in [-0.1, -0.05) is 13.8 Å². The molecule has 0 aromatic carbocycles. The van der Waals surface area contributed by atoms with E-state index in [4.69, 9.17) is 0 Å². The van der Waals surface area contributed by atoms with Gasteiger partial charge in [0.15, 0.2) is 0 Å². The van der Waals surface area contributed by atoms with Crippen LogP contribution in [0.25, 0.3) is 0 Å². The van der Waals surface area contributed by atoms with Gasteiger partial charge in [0, 0.05) is 41.0 Å². The van der Waals surface area contributed by atoms with Gasteiger partial charge >= 0.3 is 0 Å². The number of nitrogens with one attached hydrogen (secondary N) is 1. The highest BCUT2D eigenvalue weighted by Crippen LogP contribution is 2.42. The molecule has 1 aromatic heterocycles. The van der Waals surface area contributed by atoms with Crippen LogP contribution in [0.2, 0.25) is 0 Å². The minimum absolute atomic E-state index is 0.345. The Morgan fingerprint density at radius 2 is 2.15 bits per heavy atom. The summed E-state index contributed by atoms with van der Waals surface area (Å²) in [6, 6.07) is 5.24. The first kappa shape index (κ1) is 14.6. The lowest BCUT2D eigenvalue weighted by Gasteiger charge is -2.48. The molecule has 2 atom stereocenters. The van der Waals surface area contributed by atoms with Crippen molar-refractivity contribution in [2.24, 2.45) is 11.8 Å². The summed E-state index contributed by atoms with van der Waals surface area (Å²) in [7, 11) is 0. The van der Waals surface area contributed by atoms with Crippen LogP contribution in [-0.2, 0) is 6.54 Å². The van der Waals surface area contributed by atoms with E-state index in [1.807, 2.05) is 11.3 Å². The van der Waals surface area contributed by atoms with E-state index < -0.39 is 0 Å². The second-order valence-electron chi connectivity index (χ2n) is 7.30. The first-order valence-corrected chi connectivity index (χ1v) is 8.84. The van der Waals surface area contributed by atoms with Crippen molar-refractivity contribution < 1.29 is 0 Å². The van der Waals surface area contributed by atoms with E-state index >= 15 is 0 Å². The van der Waals surface area contributed by atoms with Crippen molar-refractivity contribution in [1.29, 1.82) is 0 Å². The van der Waals surface area contributed by atoms with Crippen LogP contribution in [0.4, 0.5) is 0 Å². The lowest BCUT2D eigenvalue weighted by atomic mass is 9.88. The molecule has 0 radical (unpaired) electrons. The van der Waals surface area contributed by atoms with Crippen LogP contribution < -0.4 is 5.32 Å². The van der Waals surface area contributed by atoms with Crippen LogP contribution in [0.3, 0.4) is 0 Å². The van der Waals surface area contributed by atoms with Crippen LogP contribution in [0.5, 0.6) is 0 Å². The van der Waals surface area contributed by atoms with Crippen LogP contribution in [-0.4, -0.2) is 29.6 Å². The number of rotatable bonds is 4. The molecule has 0 bridgehead atoms. The first-order valence-electron chi connectivity index (χ1n) is 8.02. The van der Waals surface area contributed by atoms with Gasteiger partial charge < -0.3 is 5.32 Å². The number of hydrogen-bond acceptors (Lipinski definition) is 3. The summed E-state index contributed by atoms with van der Waals surface area (Å²) in [5, 5.41) is 3.87. The molecule has 2 nitrogen and oxygen atoms in total. The van der Waals surface area contributed by atoms with E-state index in [1.54, 1.807) is 0 Å². The zero-order valence-corrected chi connectivity index (χ0v) is 14.1. The zero-order chi connectivity index (χ0) is 14.3. The van der Waals surface area contributed by atoms with Gasteiger partial charge in [-0.2, -0.15) is 0 Å². The Bertz CT molecular complexity index is 463. The maximum atomic E-state index is 3.87. The van der Waals surface area contributed by atoms with E-state index in [9.17, 15) is 0 Å². The molecule has 0 amide bonds. The van der Waals surface area contributed by atoms with Crippen molar-refractivity contribution in [3.8, 4) is 0 Å². The molecule has 2 unspecified atom stereocenters. The summed E-state index contributed by atoms with van der Waals surface area (Å²) >= 11 is 1.96. The van der Waals surface area contributed by atoms with Gasteiger partial charge in [-0.3, -0.25) is 4.90 Å². The molecule has 1 saturated heterocycles. The Labute approximate surface area is 127 Å². The molecule has 2 aliphatic rings. The molecular formula is C17H28N2S. The summed E-state index contributed by atoms with van der Waals surface area (Å²) in [5.74, 6) is 1.62. The number of hydrogen-bond donors (Lipinski definition) is 1. The third kappa shape index (κ3) is 2.95. The average molecular weight is 292 g/mol. The fourth-order valence-corrected chi connectivity index (χ4v) is 4.57. The van der Waals surface area contributed by atoms with Crippen molar-refractivity contribution in [1.82, 2.24) is 10.2 Å². The number of thiophene rings is 1. The van der Waals surface area contributed by atoms with Gasteiger partial charge in [-0.05, 0) is 50.7 Å². The second kappa shape index (κ2) is 5.43. The third-order valence-electron chi connectivity index (χ3n) is 5.12. The van der Waals surface area contributed by atoms with E-state index in [1.165, 1.54) is 29.1 Å². The molecule has 1 aliphatic heterocycles. The molecule has 3 heteroatoms. The Kier molecular flexibility index (Phi) is 3.95. The maximum absolute atomic E-state index is 3.87. The lowest BCUT2D eigenvalue weighted by Crippen LogP contribution is -2.64. The molecule has 1 saturated carbocycles. The predicted molar refractivity (Wildman–Crippen MR) is 87.2 cm³/mol. The molecule has 2 heterocycles. The van der Waals surface area contributed by atoms with Gasteiger partial charge in [-0.25, -0.2) is 0 Å². The predicted octanol–water partition coefficient (Wildman–Crippen LogP) is 3.66. The van der Waals surface area contributed by atoms with E-state index in [2.05, 4.69) is 50.0 Å². The second-order valence-corrected chi connectivity index (χ2v) is 8.67. The number of nitrogens with zero attached hydrogens (tertiary/aromatic N) is 1. The fourth-order valence-electron chi connectivity index (χ4n) is 3.66. The first-order chi connectivity index (χ1) is 9.48. The van der Waals surface area contributed by atoms with Crippen LogP contribution in [0.15, 0.2) is 12.1 Å². The van der Waals surface area contributed by atoms with Crippen LogP contribution >= 0.6 is 11.3 Å². The molecule has 0 spiro atoms. The lowest BCUT2D eigenvalue weighted by molar-refractivity contribution is 0.0470. The summed E-state index contributed by atoms with van der Waals surface area (Å²) in [4.78, 5) is 5.69. The topological polar surface area (TPSA) is 15.3 Å². The average Bonchev–Trinajstić information content (AvgIpc) is 3.15. The molecule has 1 N–H and O–H groups in total. The number of aryl methyl sites for hydroxylation is 1. The standard InChI is InChI=1S/C17H28N2S/c1-12(2)16-9-18-17(4,14-6-7-14)11-19(16)10-15-8-5-13(3)20-15/h5,8,12,14,16,18H,6-7,9-11H2,1-4H3. The fraction of sp³-hybridized carbons (Fsp3) is 0.765. The van der Waals surface area contributed by atoms with Gasteiger partial charge in [0.25, 0.3) is 0 Å². The highest BCUT2D eigenvalue weighted by Gasteiger charge is 2.46. The molecule has 20 heavy (non-hydrogen) atoms. The van der Waals surface area contributed by atoms with Gasteiger partial charge in [-0.15, -0.1) is 11.3 Å². The third-order valence-corrected chi connectivity index (χ3v) is 6.10. The molecule has 3 rings (SSSR count). The highest BCUT2D eigenvalue weighted by molar-refractivity contribution is 7.11. The molecule has 2 fully saturated rings. The Morgan fingerprint density at radius 3 is 2.70 bits per heavy atom. The molecule has 112 valence electrons. The van der Waals surface area contributed by atoms with Crippen molar-refractivity contribution in [3.05, 3.63) is 21.9 Å². The molecular weight excluding hydrogens is 264 g/mol. The van der Waals surface area contributed by atoms with Gasteiger partial charge in [0.05, 0.1) is 0 Å². The van der Waals surface area contributed by atoms with Crippen molar-refractivity contribution in [2.45, 2.75) is 58.7 Å². The smallest absolute Gasteiger partial charge is 0.0332 e. The maximum Gasteiger partial charge on any atom is 0.0332 e. The summed E-state index contributed by atoms with van der Waals surface area (Å²) in [5.41, 5.74) is 0.345. The SMILES string of the molecule is Cc1ccc(CN2CC(C)(C3CC3)NCC2C(C)C)s1. The van der Waals surface area contributed by atoms with Crippen LogP contribution in [0.1, 0.15) is 43.4 Å².